The quantitative estimate of drug-likeness (QED) is 0.0539. The lowest BCUT2D eigenvalue weighted by Crippen LogP contribution is -2.61. The Morgan fingerprint density at radius 3 is 1.72 bits per heavy atom. The standard InChI is InChI=1S/C55H78N12O18S2/c1-26(2)17-33(56)55(85)67-16-6-7-41(67)53(83)64-39-24-86-87-25-40(52(82)60-35(18-27(3)4)48(78)59-34(46(57)76)21-43(72)73)65-54(84)45(28(5)68)66-42(71)23-58-47(77)36(19-29-8-12-31(69)13-9-29)61-49(79)37(20-30-10-14-32(70)15-11-30)62-50(80)38(22-44(74)75)63-51(39)81/h8-15,26-28,33-41,45,68-70H,6-7,16-25,56H2,1-5H3,(H2,57,76)(H,58,77)(H,59,78)(H,60,82)(H,61,79)(H,62,80)(H,63,81)(H,64,83)(H,65,84)(H,66,71)(H,72,73)(H,74,75)/t28-,33+,34+,35+,36+,37+,38+,39+,40+,41+,45?/m1/s1. The van der Waals surface area contributed by atoms with Crippen LogP contribution in [-0.4, -0.2) is 198 Å². The number of nitrogens with two attached hydrogens (primary N) is 2. The van der Waals surface area contributed by atoms with E-state index in [1.807, 2.05) is 13.8 Å². The van der Waals surface area contributed by atoms with Crippen LogP contribution in [0.25, 0.3) is 0 Å². The zero-order chi connectivity index (χ0) is 64.8. The first-order chi connectivity index (χ1) is 40.9. The Bertz CT molecular complexity index is 2810. The first-order valence-electron chi connectivity index (χ1n) is 27.9. The molecule has 2 aromatic rings. The van der Waals surface area contributed by atoms with Crippen molar-refractivity contribution in [2.45, 2.75) is 153 Å². The number of phenolic OH excluding ortho intramolecular Hbond substituents is 2. The molecular weight excluding hydrogens is 1180 g/mol. The molecular formula is C55H78N12O18S2. The predicted molar refractivity (Wildman–Crippen MR) is 314 cm³/mol. The minimum Gasteiger partial charge on any atom is -0.508 e. The van der Waals surface area contributed by atoms with Crippen LogP contribution >= 0.6 is 21.6 Å². The van der Waals surface area contributed by atoms with Crippen LogP contribution in [0.5, 0.6) is 11.5 Å². The minimum atomic E-state index is -2.00. The zero-order valence-corrected chi connectivity index (χ0v) is 50.2. The molecule has 2 aliphatic heterocycles. The minimum absolute atomic E-state index is 0.00666. The van der Waals surface area contributed by atoms with Gasteiger partial charge < -0.3 is 89.8 Å². The number of phenols is 2. The Kier molecular flexibility index (Phi) is 28.0. The van der Waals surface area contributed by atoms with Gasteiger partial charge in [0.05, 0.1) is 31.5 Å². The van der Waals surface area contributed by atoms with Crippen molar-refractivity contribution >= 4 is 98.5 Å². The van der Waals surface area contributed by atoms with Gasteiger partial charge in [-0.25, -0.2) is 0 Å². The molecule has 2 fully saturated rings. The Hall–Kier alpha value is -8.23. The highest BCUT2D eigenvalue weighted by molar-refractivity contribution is 8.76. The van der Waals surface area contributed by atoms with E-state index in [0.717, 1.165) is 28.5 Å². The largest absolute Gasteiger partial charge is 0.508 e. The van der Waals surface area contributed by atoms with E-state index in [-0.39, 0.29) is 62.0 Å². The number of aliphatic hydroxyl groups is 1. The number of amides is 11. The fourth-order valence-corrected chi connectivity index (χ4v) is 11.5. The fraction of sp³-hybridized carbons (Fsp3) is 0.545. The molecule has 0 bridgehead atoms. The molecule has 2 aromatic carbocycles. The van der Waals surface area contributed by atoms with Crippen molar-refractivity contribution in [3.8, 4) is 11.5 Å². The molecule has 30 nitrogen and oxygen atoms in total. The average Bonchev–Trinajstić information content (AvgIpc) is 3.26. The Morgan fingerprint density at radius 1 is 0.655 bits per heavy atom. The molecule has 32 heteroatoms. The van der Waals surface area contributed by atoms with E-state index in [4.69, 9.17) is 11.5 Å². The summed E-state index contributed by atoms with van der Waals surface area (Å²) < 4.78 is 0. The van der Waals surface area contributed by atoms with Gasteiger partial charge in [-0.3, -0.25) is 62.3 Å². The number of carbonyl (C=O) groups is 13. The van der Waals surface area contributed by atoms with Crippen molar-refractivity contribution in [3.05, 3.63) is 59.7 Å². The second-order valence-corrected chi connectivity index (χ2v) is 24.4. The van der Waals surface area contributed by atoms with Crippen LogP contribution in [0.3, 0.4) is 0 Å². The number of benzene rings is 2. The number of aliphatic carboxylic acids is 2. The molecule has 0 spiro atoms. The highest BCUT2D eigenvalue weighted by atomic mass is 33.1. The number of primary amides is 1. The molecule has 0 aromatic heterocycles. The summed E-state index contributed by atoms with van der Waals surface area (Å²) in [4.78, 5) is 179. The summed E-state index contributed by atoms with van der Waals surface area (Å²) in [6.07, 6.45) is -3.77. The highest BCUT2D eigenvalue weighted by Crippen LogP contribution is 2.26. The fourth-order valence-electron chi connectivity index (χ4n) is 9.17. The van der Waals surface area contributed by atoms with E-state index in [2.05, 4.69) is 47.9 Å². The first kappa shape index (κ1) is 71.3. The van der Waals surface area contributed by atoms with Gasteiger partial charge in [-0.05, 0) is 79.8 Å². The normalized spacial score (nSPS) is 22.8. The molecule has 2 saturated heterocycles. The summed E-state index contributed by atoms with van der Waals surface area (Å²) in [5, 5.41) is 72.0. The van der Waals surface area contributed by atoms with Gasteiger partial charge in [0.25, 0.3) is 0 Å². The maximum atomic E-state index is 14.6. The van der Waals surface area contributed by atoms with Crippen LogP contribution in [0.1, 0.15) is 84.3 Å². The zero-order valence-electron chi connectivity index (χ0n) is 48.6. The number of nitrogens with one attached hydrogen (secondary N) is 9. The average molecular weight is 1260 g/mol. The number of nitrogens with zero attached hydrogens (tertiary/aromatic N) is 1. The lowest BCUT2D eigenvalue weighted by molar-refractivity contribution is -0.142. The molecule has 87 heavy (non-hydrogen) atoms. The maximum absolute atomic E-state index is 14.6. The molecule has 0 radical (unpaired) electrons. The molecule has 4 rings (SSSR count). The van der Waals surface area contributed by atoms with Gasteiger partial charge >= 0.3 is 11.9 Å². The molecule has 2 heterocycles. The number of hydrogen-bond acceptors (Lipinski definition) is 19. The highest BCUT2D eigenvalue weighted by Gasteiger charge is 2.40. The third-order valence-corrected chi connectivity index (χ3v) is 16.0. The number of hydrogen-bond donors (Lipinski definition) is 16. The van der Waals surface area contributed by atoms with Crippen LogP contribution < -0.4 is 59.3 Å². The van der Waals surface area contributed by atoms with Gasteiger partial charge in [0, 0.05) is 30.9 Å². The summed E-state index contributed by atoms with van der Waals surface area (Å²) in [5.41, 5.74) is 12.3. The van der Waals surface area contributed by atoms with Crippen molar-refractivity contribution < 1.29 is 87.9 Å². The van der Waals surface area contributed by atoms with Crippen LogP contribution in [-0.2, 0) is 75.2 Å². The molecule has 2 aliphatic rings. The van der Waals surface area contributed by atoms with Gasteiger partial charge in [0.1, 0.15) is 65.9 Å². The number of aliphatic hydroxyl groups excluding tert-OH is 1. The van der Waals surface area contributed by atoms with Crippen LogP contribution in [0.2, 0.25) is 0 Å². The summed E-state index contributed by atoms with van der Waals surface area (Å²) in [6, 6.07) is -5.15. The smallest absolute Gasteiger partial charge is 0.305 e. The van der Waals surface area contributed by atoms with E-state index in [9.17, 15) is 87.9 Å². The molecule has 0 saturated carbocycles. The monoisotopic (exact) mass is 1260 g/mol. The summed E-state index contributed by atoms with van der Waals surface area (Å²) in [7, 11) is 1.58. The summed E-state index contributed by atoms with van der Waals surface area (Å²) in [5.74, 6) is -16.2. The van der Waals surface area contributed by atoms with Gasteiger partial charge in [0.15, 0.2) is 0 Å². The predicted octanol–water partition coefficient (Wildman–Crippen LogP) is -3.50. The number of carboxylic acid groups (broad SMARTS) is 2. The summed E-state index contributed by atoms with van der Waals surface area (Å²) in [6.45, 7) is 7.38. The SMILES string of the molecule is CC(C)C[C@H](NC(=O)[C@@H]1CSSC[C@H](NC(=O)[C@@H]2CCCN2C(=O)[C@@H](N)CC(C)C)C(=O)N[C@@H](CC(=O)O)C(=O)N[C@@H](Cc2ccc(O)cc2)C(=O)N[C@@H](Cc2ccc(O)cc2)C(=O)NCC(=O)NC([C@@H](C)O)C(=O)N1)C(=O)N[C@@H](CC(=O)O)C(N)=O. The number of carbonyl (C=O) groups excluding carboxylic acids is 11. The second kappa shape index (κ2) is 34.2. The van der Waals surface area contributed by atoms with Gasteiger partial charge in [-0.2, -0.15) is 0 Å². The first-order valence-corrected chi connectivity index (χ1v) is 30.4. The van der Waals surface area contributed by atoms with Crippen LogP contribution in [0.15, 0.2) is 48.5 Å². The lowest BCUT2D eigenvalue weighted by Gasteiger charge is -2.29. The molecule has 11 atom stereocenters. The van der Waals surface area contributed by atoms with Gasteiger partial charge in [0.2, 0.25) is 65.0 Å². The molecule has 0 aliphatic carbocycles. The topological polar surface area (TPSA) is 487 Å². The third-order valence-electron chi connectivity index (χ3n) is 13.6. The Balaban J connectivity index is 1.84. The third kappa shape index (κ3) is 23.5. The number of likely N-dealkylation sites (tertiary alicyclic amines) is 1. The lowest BCUT2D eigenvalue weighted by atomic mass is 10.0. The van der Waals surface area contributed by atoms with Crippen molar-refractivity contribution in [2.24, 2.45) is 23.3 Å². The van der Waals surface area contributed by atoms with Gasteiger partial charge in [-0.1, -0.05) is 73.5 Å². The van der Waals surface area contributed by atoms with E-state index >= 15 is 0 Å². The molecule has 1 unspecified atom stereocenters. The van der Waals surface area contributed by atoms with Crippen LogP contribution in [0, 0.1) is 11.8 Å². The Labute approximate surface area is 508 Å². The van der Waals surface area contributed by atoms with Crippen molar-refractivity contribution in [3.63, 3.8) is 0 Å². The van der Waals surface area contributed by atoms with Crippen molar-refractivity contribution in [2.75, 3.05) is 24.6 Å². The van der Waals surface area contributed by atoms with E-state index in [1.165, 1.54) is 53.4 Å². The van der Waals surface area contributed by atoms with Crippen LogP contribution in [0.4, 0.5) is 0 Å². The summed E-state index contributed by atoms with van der Waals surface area (Å²) >= 11 is 0. The molecule has 11 amide bonds. The maximum Gasteiger partial charge on any atom is 0.305 e. The van der Waals surface area contributed by atoms with Gasteiger partial charge in [-0.15, -0.1) is 0 Å². The van der Waals surface area contributed by atoms with E-state index in [0.29, 0.717) is 17.5 Å². The molecule has 478 valence electrons. The number of carboxylic acids is 2. The van der Waals surface area contributed by atoms with Crippen molar-refractivity contribution in [1.82, 2.24) is 52.8 Å². The molecule has 18 N–H and O–H groups in total. The Morgan fingerprint density at radius 2 is 1.20 bits per heavy atom. The van der Waals surface area contributed by atoms with E-state index < -0.39 is 174 Å². The van der Waals surface area contributed by atoms with Crippen molar-refractivity contribution in [1.29, 1.82) is 0 Å². The number of rotatable bonds is 21. The van der Waals surface area contributed by atoms with E-state index in [1.54, 1.807) is 13.8 Å². The number of aromatic hydroxyl groups is 2. The second-order valence-electron chi connectivity index (χ2n) is 21.9.